The zero-order valence-electron chi connectivity index (χ0n) is 22.7. The van der Waals surface area contributed by atoms with Crippen LogP contribution in [0.15, 0.2) is 97.3 Å². The van der Waals surface area contributed by atoms with Gasteiger partial charge < -0.3 is 14.8 Å². The molecule has 0 atom stereocenters. The maximum atomic E-state index is 13.5. The first-order chi connectivity index (χ1) is 20.1. The lowest BCUT2D eigenvalue weighted by Crippen LogP contribution is -2.44. The number of carbonyl (C=O) groups is 1. The Balaban J connectivity index is 1.10. The summed E-state index contributed by atoms with van der Waals surface area (Å²) in [4.78, 5) is 30.9. The number of halogens is 1. The Morgan fingerprint density at radius 2 is 1.61 bits per heavy atom. The van der Waals surface area contributed by atoms with Crippen LogP contribution in [0.25, 0.3) is 11.0 Å². The highest BCUT2D eigenvalue weighted by molar-refractivity contribution is 6.05. The third-order valence-corrected chi connectivity index (χ3v) is 7.53. The summed E-state index contributed by atoms with van der Waals surface area (Å²) in [5, 5.41) is 3.69. The highest BCUT2D eigenvalue weighted by atomic mass is 19.1. The molecule has 0 unspecified atom stereocenters. The van der Waals surface area contributed by atoms with Crippen molar-refractivity contribution in [3.63, 3.8) is 0 Å². The molecule has 0 radical (unpaired) electrons. The minimum Gasteiger partial charge on any atom is -0.353 e. The second kappa shape index (κ2) is 12.3. The molecule has 1 fully saturated rings. The number of fused-ring (bicyclic) bond motifs is 1. The maximum absolute atomic E-state index is 13.5. The zero-order valence-corrected chi connectivity index (χ0v) is 22.7. The van der Waals surface area contributed by atoms with Crippen LogP contribution in [0.3, 0.4) is 0 Å². The summed E-state index contributed by atoms with van der Waals surface area (Å²) in [6, 6.07) is 26.0. The van der Waals surface area contributed by atoms with Gasteiger partial charge in [0.25, 0.3) is 5.91 Å². The number of benzene rings is 3. The lowest BCUT2D eigenvalue weighted by Gasteiger charge is -2.33. The molecular formula is C32H32FN7O. The van der Waals surface area contributed by atoms with Gasteiger partial charge in [-0.1, -0.05) is 42.5 Å². The molecule has 0 aliphatic carbocycles. The second-order valence-corrected chi connectivity index (χ2v) is 10.3. The number of hydrogen-bond acceptors (Lipinski definition) is 6. The largest absolute Gasteiger partial charge is 0.353 e. The van der Waals surface area contributed by atoms with Crippen LogP contribution in [0, 0.1) is 5.82 Å². The van der Waals surface area contributed by atoms with E-state index in [0.29, 0.717) is 24.6 Å². The topological polar surface area (TPSA) is 79.2 Å². The second-order valence-electron chi connectivity index (χ2n) is 10.3. The summed E-state index contributed by atoms with van der Waals surface area (Å²) in [7, 11) is 0. The summed E-state index contributed by atoms with van der Waals surface area (Å²) in [6.07, 6.45) is 5.23. The summed E-state index contributed by atoms with van der Waals surface area (Å²) in [5.74, 6) is 0.902. The number of piperidine rings is 1. The SMILES string of the molecule is O=C(c1ccccc1)N(CCN1CCC(Nc2nc3ccccc3n2Cc2ccc(F)cc2)CC1)c1ncccn1. The fraction of sp³-hybridized carbons (Fsp3) is 0.250. The molecule has 0 spiro atoms. The Labute approximate surface area is 238 Å². The molecule has 3 aromatic carbocycles. The number of anilines is 2. The van der Waals surface area contributed by atoms with Crippen molar-refractivity contribution in [3.8, 4) is 0 Å². The third-order valence-electron chi connectivity index (χ3n) is 7.53. The number of nitrogens with zero attached hydrogens (tertiary/aromatic N) is 6. The van der Waals surface area contributed by atoms with E-state index in [4.69, 9.17) is 4.98 Å². The van der Waals surface area contributed by atoms with Crippen LogP contribution < -0.4 is 10.2 Å². The number of nitrogens with one attached hydrogen (secondary N) is 1. The van der Waals surface area contributed by atoms with E-state index in [2.05, 4.69) is 30.8 Å². The Morgan fingerprint density at radius 1 is 0.902 bits per heavy atom. The van der Waals surface area contributed by atoms with E-state index in [1.165, 1.54) is 12.1 Å². The number of hydrogen-bond donors (Lipinski definition) is 1. The van der Waals surface area contributed by atoms with Crippen molar-refractivity contribution in [1.29, 1.82) is 0 Å². The molecule has 41 heavy (non-hydrogen) atoms. The van der Waals surface area contributed by atoms with Crippen molar-refractivity contribution < 1.29 is 9.18 Å². The summed E-state index contributed by atoms with van der Waals surface area (Å²) in [6.45, 7) is 3.64. The Hall–Kier alpha value is -4.63. The normalized spacial score (nSPS) is 14.3. The number of likely N-dealkylation sites (tertiary alicyclic amines) is 1. The van der Waals surface area contributed by atoms with Gasteiger partial charge in [0.2, 0.25) is 11.9 Å². The van der Waals surface area contributed by atoms with Gasteiger partial charge in [0.1, 0.15) is 5.82 Å². The summed E-state index contributed by atoms with van der Waals surface area (Å²) in [5.41, 5.74) is 3.61. The van der Waals surface area contributed by atoms with Gasteiger partial charge in [0.15, 0.2) is 0 Å². The summed E-state index contributed by atoms with van der Waals surface area (Å²) < 4.78 is 15.6. The number of carbonyl (C=O) groups excluding carboxylic acids is 1. The molecule has 0 bridgehead atoms. The van der Waals surface area contributed by atoms with E-state index in [0.717, 1.165) is 55.0 Å². The van der Waals surface area contributed by atoms with Crippen LogP contribution in [-0.2, 0) is 6.54 Å². The van der Waals surface area contributed by atoms with Gasteiger partial charge in [-0.2, -0.15) is 0 Å². The highest BCUT2D eigenvalue weighted by Gasteiger charge is 2.24. The van der Waals surface area contributed by atoms with Crippen molar-refractivity contribution in [3.05, 3.63) is 114 Å². The Morgan fingerprint density at radius 3 is 2.37 bits per heavy atom. The molecule has 2 aromatic heterocycles. The lowest BCUT2D eigenvalue weighted by atomic mass is 10.1. The van der Waals surface area contributed by atoms with Crippen LogP contribution in [0.4, 0.5) is 16.3 Å². The monoisotopic (exact) mass is 549 g/mol. The van der Waals surface area contributed by atoms with E-state index in [1.807, 2.05) is 60.7 Å². The molecule has 1 aliphatic heterocycles. The molecular weight excluding hydrogens is 517 g/mol. The standard InChI is InChI=1S/C32H32FN7O/c33-26-13-11-24(12-14-26)23-40-29-10-5-4-9-28(29)37-32(40)36-27-15-19-38(20-16-27)21-22-39(31-34-17-6-18-35-31)30(41)25-7-2-1-3-8-25/h1-14,17-18,27H,15-16,19-23H2,(H,36,37). The average Bonchev–Trinajstić information content (AvgIpc) is 3.36. The fourth-order valence-electron chi connectivity index (χ4n) is 5.30. The number of aromatic nitrogens is 4. The molecule has 1 aliphatic rings. The number of rotatable bonds is 9. The van der Waals surface area contributed by atoms with Gasteiger partial charge >= 0.3 is 0 Å². The maximum Gasteiger partial charge on any atom is 0.260 e. The van der Waals surface area contributed by atoms with Crippen LogP contribution >= 0.6 is 0 Å². The van der Waals surface area contributed by atoms with E-state index >= 15 is 0 Å². The van der Waals surface area contributed by atoms with Crippen molar-refractivity contribution in [2.75, 3.05) is 36.4 Å². The lowest BCUT2D eigenvalue weighted by molar-refractivity contribution is 0.0980. The van der Waals surface area contributed by atoms with E-state index in [1.54, 1.807) is 23.4 Å². The van der Waals surface area contributed by atoms with Crippen molar-refractivity contribution in [1.82, 2.24) is 24.4 Å². The Kier molecular flexibility index (Phi) is 7.95. The predicted molar refractivity (Wildman–Crippen MR) is 158 cm³/mol. The smallest absolute Gasteiger partial charge is 0.260 e. The van der Waals surface area contributed by atoms with E-state index in [9.17, 15) is 9.18 Å². The highest BCUT2D eigenvalue weighted by Crippen LogP contribution is 2.24. The molecule has 9 heteroatoms. The number of amides is 1. The van der Waals surface area contributed by atoms with Crippen LogP contribution in [-0.4, -0.2) is 62.5 Å². The third kappa shape index (κ3) is 6.25. The number of imidazole rings is 1. The predicted octanol–water partition coefficient (Wildman–Crippen LogP) is 5.24. The van der Waals surface area contributed by atoms with Crippen LogP contribution in [0.2, 0.25) is 0 Å². The molecule has 6 rings (SSSR count). The first-order valence-corrected chi connectivity index (χ1v) is 14.0. The van der Waals surface area contributed by atoms with Crippen LogP contribution in [0.5, 0.6) is 0 Å². The molecule has 1 N–H and O–H groups in total. The number of para-hydroxylation sites is 2. The first-order valence-electron chi connectivity index (χ1n) is 14.0. The minimum absolute atomic E-state index is 0.103. The molecule has 0 saturated carbocycles. The summed E-state index contributed by atoms with van der Waals surface area (Å²) >= 11 is 0. The van der Waals surface area contributed by atoms with Gasteiger partial charge in [0, 0.05) is 50.2 Å². The molecule has 8 nitrogen and oxygen atoms in total. The fourth-order valence-corrected chi connectivity index (χ4v) is 5.30. The first kappa shape index (κ1) is 26.6. The molecule has 5 aromatic rings. The van der Waals surface area contributed by atoms with Crippen molar-refractivity contribution in [2.24, 2.45) is 0 Å². The molecule has 1 saturated heterocycles. The van der Waals surface area contributed by atoms with E-state index < -0.39 is 0 Å². The zero-order chi connectivity index (χ0) is 28.0. The Bertz CT molecular complexity index is 1580. The van der Waals surface area contributed by atoms with Crippen LogP contribution in [0.1, 0.15) is 28.8 Å². The molecule has 208 valence electrons. The average molecular weight is 550 g/mol. The van der Waals surface area contributed by atoms with Crippen molar-refractivity contribution >= 4 is 28.8 Å². The minimum atomic E-state index is -0.238. The van der Waals surface area contributed by atoms with E-state index in [-0.39, 0.29) is 17.8 Å². The quantitative estimate of drug-likeness (QED) is 0.271. The van der Waals surface area contributed by atoms with Crippen molar-refractivity contribution in [2.45, 2.75) is 25.4 Å². The van der Waals surface area contributed by atoms with Gasteiger partial charge in [0.05, 0.1) is 17.6 Å². The van der Waals surface area contributed by atoms with Gasteiger partial charge in [-0.05, 0) is 60.9 Å². The molecule has 3 heterocycles. The van der Waals surface area contributed by atoms with Gasteiger partial charge in [-0.3, -0.25) is 9.69 Å². The molecule has 1 amide bonds. The van der Waals surface area contributed by atoms with Gasteiger partial charge in [-0.25, -0.2) is 19.3 Å². The van der Waals surface area contributed by atoms with Gasteiger partial charge in [-0.15, -0.1) is 0 Å².